The van der Waals surface area contributed by atoms with E-state index in [1.807, 2.05) is 12.1 Å². The van der Waals surface area contributed by atoms with Gasteiger partial charge in [0.2, 0.25) is 0 Å². The first-order valence-electron chi connectivity index (χ1n) is 6.90. The summed E-state index contributed by atoms with van der Waals surface area (Å²) in [4.78, 5) is 0. The molecular weight excluding hydrogens is 334 g/mol. The first kappa shape index (κ1) is 14.0. The SMILES string of the molecule is Cc1cc(Cl)ccc1NC1CC(c2ccc(Br)cc2)C1. The second-order valence-electron chi connectivity index (χ2n) is 5.52. The number of hydrogen-bond donors (Lipinski definition) is 1. The highest BCUT2D eigenvalue weighted by Gasteiger charge is 2.30. The molecule has 0 aliphatic heterocycles. The van der Waals surface area contributed by atoms with Crippen LogP contribution in [0.1, 0.15) is 29.9 Å². The summed E-state index contributed by atoms with van der Waals surface area (Å²) in [5, 5.41) is 4.42. The van der Waals surface area contributed by atoms with E-state index in [9.17, 15) is 0 Å². The van der Waals surface area contributed by atoms with E-state index >= 15 is 0 Å². The van der Waals surface area contributed by atoms with Crippen LogP contribution in [0.3, 0.4) is 0 Å². The molecule has 1 aliphatic rings. The molecule has 104 valence electrons. The van der Waals surface area contributed by atoms with Crippen molar-refractivity contribution in [3.05, 3.63) is 63.1 Å². The fourth-order valence-electron chi connectivity index (χ4n) is 2.75. The van der Waals surface area contributed by atoms with Crippen molar-refractivity contribution in [2.75, 3.05) is 5.32 Å². The molecule has 1 saturated carbocycles. The zero-order valence-electron chi connectivity index (χ0n) is 11.4. The van der Waals surface area contributed by atoms with Crippen molar-refractivity contribution < 1.29 is 0 Å². The lowest BCUT2D eigenvalue weighted by Gasteiger charge is -2.37. The van der Waals surface area contributed by atoms with Gasteiger partial charge < -0.3 is 5.32 Å². The summed E-state index contributed by atoms with van der Waals surface area (Å²) in [7, 11) is 0. The Bertz CT molecular complexity index is 603. The zero-order chi connectivity index (χ0) is 14.1. The summed E-state index contributed by atoms with van der Waals surface area (Å²) in [5.74, 6) is 0.688. The summed E-state index contributed by atoms with van der Waals surface area (Å²) in [5.41, 5.74) is 3.86. The fourth-order valence-corrected chi connectivity index (χ4v) is 3.24. The van der Waals surface area contributed by atoms with Gasteiger partial charge >= 0.3 is 0 Å². The van der Waals surface area contributed by atoms with Gasteiger partial charge in [-0.15, -0.1) is 0 Å². The average Bonchev–Trinajstić information content (AvgIpc) is 2.37. The summed E-state index contributed by atoms with van der Waals surface area (Å²) < 4.78 is 1.15. The van der Waals surface area contributed by atoms with Gasteiger partial charge in [-0.3, -0.25) is 0 Å². The molecule has 0 atom stereocenters. The van der Waals surface area contributed by atoms with Gasteiger partial charge in [0.1, 0.15) is 0 Å². The molecule has 0 bridgehead atoms. The number of halogens is 2. The Labute approximate surface area is 133 Å². The van der Waals surface area contributed by atoms with E-state index < -0.39 is 0 Å². The lowest BCUT2D eigenvalue weighted by atomic mass is 9.76. The number of hydrogen-bond acceptors (Lipinski definition) is 1. The Kier molecular flexibility index (Phi) is 4.04. The van der Waals surface area contributed by atoms with Gasteiger partial charge in [0, 0.05) is 21.2 Å². The molecule has 1 nitrogen and oxygen atoms in total. The van der Waals surface area contributed by atoms with E-state index in [0.29, 0.717) is 12.0 Å². The Morgan fingerprint density at radius 3 is 2.45 bits per heavy atom. The minimum Gasteiger partial charge on any atom is -0.382 e. The number of anilines is 1. The van der Waals surface area contributed by atoms with E-state index in [0.717, 1.165) is 9.50 Å². The van der Waals surface area contributed by atoms with Gasteiger partial charge in [-0.05, 0) is 67.1 Å². The monoisotopic (exact) mass is 349 g/mol. The molecular formula is C17H17BrClN. The Balaban J connectivity index is 1.59. The largest absolute Gasteiger partial charge is 0.382 e. The minimum absolute atomic E-state index is 0.573. The molecule has 20 heavy (non-hydrogen) atoms. The molecule has 3 rings (SSSR count). The smallest absolute Gasteiger partial charge is 0.0410 e. The molecule has 3 heteroatoms. The van der Waals surface area contributed by atoms with Crippen LogP contribution < -0.4 is 5.32 Å². The molecule has 0 saturated heterocycles. The molecule has 0 radical (unpaired) electrons. The van der Waals surface area contributed by atoms with E-state index in [-0.39, 0.29) is 0 Å². The highest BCUT2D eigenvalue weighted by Crippen LogP contribution is 2.39. The molecule has 0 spiro atoms. The number of rotatable bonds is 3. The quantitative estimate of drug-likeness (QED) is 0.741. The van der Waals surface area contributed by atoms with Crippen LogP contribution in [0, 0.1) is 6.92 Å². The van der Waals surface area contributed by atoms with E-state index in [2.05, 4.69) is 58.5 Å². The van der Waals surface area contributed by atoms with Crippen LogP contribution in [0.5, 0.6) is 0 Å². The van der Waals surface area contributed by atoms with E-state index in [4.69, 9.17) is 11.6 Å². The van der Waals surface area contributed by atoms with E-state index in [1.165, 1.54) is 29.7 Å². The highest BCUT2D eigenvalue weighted by atomic mass is 79.9. The van der Waals surface area contributed by atoms with E-state index in [1.54, 1.807) is 0 Å². The van der Waals surface area contributed by atoms with Crippen molar-refractivity contribution in [3.63, 3.8) is 0 Å². The third-order valence-electron chi connectivity index (χ3n) is 4.03. The Morgan fingerprint density at radius 2 is 1.80 bits per heavy atom. The van der Waals surface area contributed by atoms with Crippen LogP contribution in [0.4, 0.5) is 5.69 Å². The molecule has 0 amide bonds. The molecule has 0 aromatic heterocycles. The molecule has 0 unspecified atom stereocenters. The Hall–Kier alpha value is -0.990. The maximum atomic E-state index is 5.99. The fraction of sp³-hybridized carbons (Fsp3) is 0.294. The highest BCUT2D eigenvalue weighted by molar-refractivity contribution is 9.10. The molecule has 1 N–H and O–H groups in total. The average molecular weight is 351 g/mol. The standard InChI is InChI=1S/C17H17BrClN/c1-11-8-15(19)6-7-17(11)20-16-9-13(10-16)12-2-4-14(18)5-3-12/h2-8,13,16,20H,9-10H2,1H3. The van der Waals surface area contributed by atoms with Crippen molar-refractivity contribution in [1.82, 2.24) is 0 Å². The minimum atomic E-state index is 0.573. The first-order chi connectivity index (χ1) is 9.61. The van der Waals surface area contributed by atoms with Gasteiger partial charge in [0.15, 0.2) is 0 Å². The van der Waals surface area contributed by atoms with Crippen LogP contribution in [0.15, 0.2) is 46.9 Å². The van der Waals surface area contributed by atoms with Gasteiger partial charge in [-0.2, -0.15) is 0 Å². The van der Waals surface area contributed by atoms with Crippen LogP contribution in [-0.4, -0.2) is 6.04 Å². The summed E-state index contributed by atoms with van der Waals surface area (Å²) in [6, 6.07) is 15.3. The van der Waals surface area contributed by atoms with Gasteiger partial charge in [0.05, 0.1) is 0 Å². The van der Waals surface area contributed by atoms with Crippen molar-refractivity contribution in [1.29, 1.82) is 0 Å². The maximum Gasteiger partial charge on any atom is 0.0410 e. The van der Waals surface area contributed by atoms with Gasteiger partial charge in [-0.25, -0.2) is 0 Å². The van der Waals surface area contributed by atoms with Crippen molar-refractivity contribution in [3.8, 4) is 0 Å². The van der Waals surface area contributed by atoms with Crippen LogP contribution in [0.25, 0.3) is 0 Å². The van der Waals surface area contributed by atoms with Crippen molar-refractivity contribution >= 4 is 33.2 Å². The second-order valence-corrected chi connectivity index (χ2v) is 6.87. The number of aryl methyl sites for hydroxylation is 1. The normalized spacial score (nSPS) is 21.4. The Morgan fingerprint density at radius 1 is 1.10 bits per heavy atom. The molecule has 0 heterocycles. The third kappa shape index (κ3) is 3.02. The summed E-state index contributed by atoms with van der Waals surface area (Å²) in [6.45, 7) is 2.10. The van der Waals surface area contributed by atoms with Crippen LogP contribution in [-0.2, 0) is 0 Å². The topological polar surface area (TPSA) is 12.0 Å². The van der Waals surface area contributed by atoms with Gasteiger partial charge in [0.25, 0.3) is 0 Å². The molecule has 1 aliphatic carbocycles. The predicted octanol–water partition coefficient (Wildman–Crippen LogP) is 5.77. The second kappa shape index (κ2) is 5.79. The third-order valence-corrected chi connectivity index (χ3v) is 4.79. The molecule has 2 aromatic rings. The first-order valence-corrected chi connectivity index (χ1v) is 8.07. The zero-order valence-corrected chi connectivity index (χ0v) is 13.7. The molecule has 1 fully saturated rings. The number of nitrogens with one attached hydrogen (secondary N) is 1. The van der Waals surface area contributed by atoms with Crippen LogP contribution >= 0.6 is 27.5 Å². The lowest BCUT2D eigenvalue weighted by molar-refractivity contribution is 0.374. The van der Waals surface area contributed by atoms with Gasteiger partial charge in [-0.1, -0.05) is 39.7 Å². The van der Waals surface area contributed by atoms with Crippen molar-refractivity contribution in [2.24, 2.45) is 0 Å². The predicted molar refractivity (Wildman–Crippen MR) is 89.7 cm³/mol. The van der Waals surface area contributed by atoms with Crippen LogP contribution in [0.2, 0.25) is 5.02 Å². The number of benzene rings is 2. The molecule has 2 aromatic carbocycles. The summed E-state index contributed by atoms with van der Waals surface area (Å²) >= 11 is 9.47. The summed E-state index contributed by atoms with van der Waals surface area (Å²) in [6.07, 6.45) is 2.40. The van der Waals surface area contributed by atoms with Crippen molar-refractivity contribution in [2.45, 2.75) is 31.7 Å². The maximum absolute atomic E-state index is 5.99. The lowest BCUT2D eigenvalue weighted by Crippen LogP contribution is -2.34.